The van der Waals surface area contributed by atoms with Gasteiger partial charge >= 0.3 is 0 Å². The van der Waals surface area contributed by atoms with E-state index in [1.165, 1.54) is 6.07 Å². The van der Waals surface area contributed by atoms with Crippen molar-refractivity contribution < 1.29 is 4.39 Å². The second-order valence-corrected chi connectivity index (χ2v) is 2.86. The van der Waals surface area contributed by atoms with Gasteiger partial charge in [-0.2, -0.15) is 4.39 Å². The monoisotopic (exact) mass is 191 g/mol. The van der Waals surface area contributed by atoms with Crippen molar-refractivity contribution in [2.24, 2.45) is 0 Å². The second-order valence-electron chi connectivity index (χ2n) is 2.86. The Labute approximate surface area is 83.6 Å². The summed E-state index contributed by atoms with van der Waals surface area (Å²) in [5, 5.41) is 1.88. The molecule has 0 aliphatic carbocycles. The van der Waals surface area contributed by atoms with E-state index in [9.17, 15) is 4.39 Å². The van der Waals surface area contributed by atoms with E-state index in [1.54, 1.807) is 6.20 Å². The van der Waals surface area contributed by atoms with E-state index in [0.29, 0.717) is 0 Å². The summed E-state index contributed by atoms with van der Waals surface area (Å²) in [7, 11) is 0. The molecule has 0 atom stereocenters. The van der Waals surface area contributed by atoms with E-state index >= 15 is 0 Å². The Morgan fingerprint density at radius 3 is 2.50 bits per heavy atom. The predicted molar refractivity (Wildman–Crippen MR) is 57.8 cm³/mol. The minimum atomic E-state index is -0.423. The standard InChI is InChI=1S/C10H8FN.C2H6/c1-7-2-3-8-6-12-10(11)5-9(8)4-7;1-2/h2-6H,1H3;1-2H3. The minimum absolute atomic E-state index is 0.423. The molecule has 0 saturated heterocycles. The second kappa shape index (κ2) is 4.70. The normalized spacial score (nSPS) is 9.43. The Morgan fingerprint density at radius 1 is 1.07 bits per heavy atom. The number of aromatic nitrogens is 1. The van der Waals surface area contributed by atoms with Crippen LogP contribution in [0.3, 0.4) is 0 Å². The highest BCUT2D eigenvalue weighted by molar-refractivity contribution is 5.82. The Balaban J connectivity index is 0.000000461. The van der Waals surface area contributed by atoms with Gasteiger partial charge in [0.15, 0.2) is 0 Å². The minimum Gasteiger partial charge on any atom is -0.228 e. The van der Waals surface area contributed by atoms with Gasteiger partial charge in [0.1, 0.15) is 0 Å². The number of fused-ring (bicyclic) bond motifs is 1. The number of rotatable bonds is 0. The number of nitrogens with zero attached hydrogens (tertiary/aromatic N) is 1. The third-order valence-corrected chi connectivity index (χ3v) is 1.84. The van der Waals surface area contributed by atoms with Gasteiger partial charge in [-0.3, -0.25) is 0 Å². The van der Waals surface area contributed by atoms with E-state index in [0.717, 1.165) is 16.3 Å². The molecule has 0 fully saturated rings. The van der Waals surface area contributed by atoms with E-state index in [-0.39, 0.29) is 0 Å². The molecule has 0 radical (unpaired) electrons. The molecule has 0 unspecified atom stereocenters. The fourth-order valence-electron chi connectivity index (χ4n) is 1.23. The molecule has 0 spiro atoms. The summed E-state index contributed by atoms with van der Waals surface area (Å²) in [4.78, 5) is 3.57. The maximum Gasteiger partial charge on any atom is 0.213 e. The number of hydrogen-bond donors (Lipinski definition) is 0. The summed E-state index contributed by atoms with van der Waals surface area (Å²) in [6.07, 6.45) is 1.55. The van der Waals surface area contributed by atoms with Gasteiger partial charge in [0.05, 0.1) is 0 Å². The van der Waals surface area contributed by atoms with Crippen LogP contribution in [0.1, 0.15) is 19.4 Å². The summed E-state index contributed by atoms with van der Waals surface area (Å²) >= 11 is 0. The lowest BCUT2D eigenvalue weighted by Crippen LogP contribution is -1.82. The molecular formula is C12H14FN. The molecule has 0 N–H and O–H groups in total. The SMILES string of the molecule is CC.Cc1ccc2cnc(F)cc2c1. The van der Waals surface area contributed by atoms with Gasteiger partial charge in [0.25, 0.3) is 0 Å². The average Bonchev–Trinajstić information content (AvgIpc) is 2.20. The largest absolute Gasteiger partial charge is 0.228 e. The van der Waals surface area contributed by atoms with Crippen molar-refractivity contribution in [1.29, 1.82) is 0 Å². The van der Waals surface area contributed by atoms with Crippen LogP contribution in [-0.4, -0.2) is 4.98 Å². The Kier molecular flexibility index (Phi) is 3.57. The Hall–Kier alpha value is -1.44. The van der Waals surface area contributed by atoms with Crippen molar-refractivity contribution in [2.75, 3.05) is 0 Å². The van der Waals surface area contributed by atoms with E-state index in [1.807, 2.05) is 39.0 Å². The fourth-order valence-corrected chi connectivity index (χ4v) is 1.23. The Morgan fingerprint density at radius 2 is 1.79 bits per heavy atom. The number of hydrogen-bond acceptors (Lipinski definition) is 1. The van der Waals surface area contributed by atoms with Crippen molar-refractivity contribution in [2.45, 2.75) is 20.8 Å². The van der Waals surface area contributed by atoms with Gasteiger partial charge in [0.2, 0.25) is 5.95 Å². The van der Waals surface area contributed by atoms with Gasteiger partial charge in [-0.15, -0.1) is 0 Å². The predicted octanol–water partition coefficient (Wildman–Crippen LogP) is 3.71. The lowest BCUT2D eigenvalue weighted by Gasteiger charge is -1.97. The van der Waals surface area contributed by atoms with Gasteiger partial charge in [-0.25, -0.2) is 4.98 Å². The van der Waals surface area contributed by atoms with Crippen molar-refractivity contribution in [1.82, 2.24) is 4.98 Å². The van der Waals surface area contributed by atoms with Gasteiger partial charge in [-0.1, -0.05) is 37.6 Å². The van der Waals surface area contributed by atoms with Crippen LogP contribution in [-0.2, 0) is 0 Å². The third-order valence-electron chi connectivity index (χ3n) is 1.84. The molecule has 2 rings (SSSR count). The molecule has 0 aliphatic heterocycles. The molecule has 74 valence electrons. The molecule has 0 amide bonds. The highest BCUT2D eigenvalue weighted by Gasteiger charge is 1.95. The van der Waals surface area contributed by atoms with Gasteiger partial charge in [-0.05, 0) is 12.3 Å². The highest BCUT2D eigenvalue weighted by atomic mass is 19.1. The first-order valence-electron chi connectivity index (χ1n) is 4.77. The van der Waals surface area contributed by atoms with Crippen LogP contribution in [0.4, 0.5) is 4.39 Å². The first kappa shape index (κ1) is 10.6. The average molecular weight is 191 g/mol. The smallest absolute Gasteiger partial charge is 0.213 e. The zero-order valence-electron chi connectivity index (χ0n) is 8.71. The lowest BCUT2D eigenvalue weighted by atomic mass is 10.1. The topological polar surface area (TPSA) is 12.9 Å². The van der Waals surface area contributed by atoms with Crippen LogP contribution in [0.5, 0.6) is 0 Å². The Bertz CT molecular complexity index is 387. The fraction of sp³-hybridized carbons (Fsp3) is 0.250. The van der Waals surface area contributed by atoms with Gasteiger partial charge in [0, 0.05) is 17.6 Å². The molecule has 0 aliphatic rings. The molecule has 1 aromatic carbocycles. The summed E-state index contributed by atoms with van der Waals surface area (Å²) in [6.45, 7) is 5.98. The van der Waals surface area contributed by atoms with E-state index < -0.39 is 5.95 Å². The first-order valence-corrected chi connectivity index (χ1v) is 4.77. The van der Waals surface area contributed by atoms with Crippen LogP contribution in [0.15, 0.2) is 30.5 Å². The summed E-state index contributed by atoms with van der Waals surface area (Å²) in [5.41, 5.74) is 1.13. The molecule has 0 saturated carbocycles. The number of benzene rings is 1. The summed E-state index contributed by atoms with van der Waals surface area (Å²) < 4.78 is 12.7. The molecule has 14 heavy (non-hydrogen) atoms. The van der Waals surface area contributed by atoms with Crippen molar-refractivity contribution >= 4 is 10.8 Å². The molecule has 0 bridgehead atoms. The molecular weight excluding hydrogens is 177 g/mol. The van der Waals surface area contributed by atoms with Crippen molar-refractivity contribution in [3.8, 4) is 0 Å². The van der Waals surface area contributed by atoms with Crippen LogP contribution in [0.25, 0.3) is 10.8 Å². The maximum atomic E-state index is 12.7. The van der Waals surface area contributed by atoms with E-state index in [4.69, 9.17) is 0 Å². The molecule has 1 heterocycles. The third kappa shape index (κ3) is 2.28. The lowest BCUT2D eigenvalue weighted by molar-refractivity contribution is 0.586. The summed E-state index contributed by atoms with van der Waals surface area (Å²) in [6, 6.07) is 7.32. The quantitative estimate of drug-likeness (QED) is 0.578. The number of halogens is 1. The number of pyridine rings is 1. The van der Waals surface area contributed by atoms with Crippen LogP contribution < -0.4 is 0 Å². The highest BCUT2D eigenvalue weighted by Crippen LogP contribution is 2.14. The van der Waals surface area contributed by atoms with Gasteiger partial charge < -0.3 is 0 Å². The maximum absolute atomic E-state index is 12.7. The summed E-state index contributed by atoms with van der Waals surface area (Å²) in [5.74, 6) is -0.423. The van der Waals surface area contributed by atoms with Crippen LogP contribution >= 0.6 is 0 Å². The van der Waals surface area contributed by atoms with E-state index in [2.05, 4.69) is 4.98 Å². The molecule has 2 aromatic rings. The zero-order valence-corrected chi connectivity index (χ0v) is 8.71. The van der Waals surface area contributed by atoms with Crippen molar-refractivity contribution in [3.05, 3.63) is 42.0 Å². The molecule has 1 aromatic heterocycles. The molecule has 1 nitrogen and oxygen atoms in total. The van der Waals surface area contributed by atoms with Crippen LogP contribution in [0.2, 0.25) is 0 Å². The first-order chi connectivity index (χ1) is 6.75. The number of aryl methyl sites for hydroxylation is 1. The van der Waals surface area contributed by atoms with Crippen LogP contribution in [0, 0.1) is 12.9 Å². The van der Waals surface area contributed by atoms with Crippen molar-refractivity contribution in [3.63, 3.8) is 0 Å². The molecule has 2 heteroatoms. The zero-order chi connectivity index (χ0) is 10.6.